The Morgan fingerprint density at radius 2 is 1.97 bits per heavy atom. The molecule has 2 N–H and O–H groups in total. The normalized spacial score (nSPS) is 11.5. The van der Waals surface area contributed by atoms with E-state index in [9.17, 15) is 17.6 Å². The number of ether oxygens (including phenoxy) is 1. The minimum atomic E-state index is -4.13. The van der Waals surface area contributed by atoms with Crippen molar-refractivity contribution in [2.24, 2.45) is 0 Å². The maximum atomic E-state index is 13.6. The van der Waals surface area contributed by atoms with Crippen molar-refractivity contribution in [2.45, 2.75) is 4.90 Å². The topological polar surface area (TPSA) is 101 Å². The van der Waals surface area contributed by atoms with Gasteiger partial charge in [-0.15, -0.1) is 0 Å². The van der Waals surface area contributed by atoms with Gasteiger partial charge in [0.15, 0.2) is 0 Å². The third-order valence-electron chi connectivity index (χ3n) is 4.65. The highest BCUT2D eigenvalue weighted by Gasteiger charge is 2.27. The van der Waals surface area contributed by atoms with E-state index in [0.29, 0.717) is 11.6 Å². The monoisotopic (exact) mass is 480 g/mol. The minimum absolute atomic E-state index is 0.00581. The summed E-state index contributed by atoms with van der Waals surface area (Å²) in [7, 11) is -1.60. The van der Waals surface area contributed by atoms with Crippen molar-refractivity contribution in [1.29, 1.82) is 0 Å². The van der Waals surface area contributed by atoms with E-state index in [1.165, 1.54) is 20.2 Å². The molecule has 2 aromatic carbocycles. The number of nitrogens with zero attached hydrogens (tertiary/aromatic N) is 2. The predicted molar refractivity (Wildman–Crippen MR) is 121 cm³/mol. The van der Waals surface area contributed by atoms with Crippen LogP contribution in [0.3, 0.4) is 0 Å². The Morgan fingerprint density at radius 3 is 2.72 bits per heavy atom. The maximum Gasteiger partial charge on any atom is 0.247 e. The van der Waals surface area contributed by atoms with Gasteiger partial charge in [0.2, 0.25) is 15.9 Å². The van der Waals surface area contributed by atoms with Gasteiger partial charge in [-0.2, -0.15) is 4.31 Å². The first kappa shape index (κ1) is 23.7. The van der Waals surface area contributed by atoms with E-state index in [1.807, 2.05) is 12.1 Å². The summed E-state index contributed by atoms with van der Waals surface area (Å²) in [6.45, 7) is 0.230. The molecular weight excluding hydrogens is 459 g/mol. The van der Waals surface area contributed by atoms with Crippen molar-refractivity contribution in [3.05, 3.63) is 59.5 Å². The fourth-order valence-electron chi connectivity index (χ4n) is 3.04. The summed E-state index contributed by atoms with van der Waals surface area (Å²) < 4.78 is 44.9. The second-order valence-corrected chi connectivity index (χ2v) is 9.30. The van der Waals surface area contributed by atoms with Crippen LogP contribution < -0.4 is 15.4 Å². The Labute approximate surface area is 190 Å². The summed E-state index contributed by atoms with van der Waals surface area (Å²) >= 11 is 5.99. The van der Waals surface area contributed by atoms with Crippen LogP contribution in [-0.4, -0.2) is 57.4 Å². The van der Waals surface area contributed by atoms with Crippen LogP contribution in [0.2, 0.25) is 5.02 Å². The van der Waals surface area contributed by atoms with Crippen molar-refractivity contribution >= 4 is 44.1 Å². The van der Waals surface area contributed by atoms with Gasteiger partial charge in [0.1, 0.15) is 16.5 Å². The smallest absolute Gasteiger partial charge is 0.247 e. The number of amides is 1. The van der Waals surface area contributed by atoms with Gasteiger partial charge < -0.3 is 15.4 Å². The van der Waals surface area contributed by atoms with Gasteiger partial charge in [-0.3, -0.25) is 9.78 Å². The van der Waals surface area contributed by atoms with E-state index in [1.54, 1.807) is 18.3 Å². The van der Waals surface area contributed by atoms with E-state index < -0.39 is 28.3 Å². The SMILES string of the molecule is COc1ccc(F)cc1S(=O)(=O)N(C)CC(=O)NCCNc1ccnc2cc(Cl)ccc12. The molecule has 3 rings (SSSR count). The van der Waals surface area contributed by atoms with Crippen LogP contribution in [0.25, 0.3) is 10.9 Å². The van der Waals surface area contributed by atoms with Crippen LogP contribution in [0.1, 0.15) is 0 Å². The summed E-state index contributed by atoms with van der Waals surface area (Å²) in [5.41, 5.74) is 1.57. The molecule has 0 spiro atoms. The number of rotatable bonds is 9. The molecule has 0 saturated heterocycles. The number of hydrogen-bond donors (Lipinski definition) is 2. The Hall–Kier alpha value is -2.95. The van der Waals surface area contributed by atoms with E-state index in [-0.39, 0.29) is 17.2 Å². The highest BCUT2D eigenvalue weighted by molar-refractivity contribution is 7.89. The van der Waals surface area contributed by atoms with Crippen LogP contribution in [0.4, 0.5) is 10.1 Å². The lowest BCUT2D eigenvalue weighted by Crippen LogP contribution is -2.39. The third kappa shape index (κ3) is 5.45. The zero-order valence-corrected chi connectivity index (χ0v) is 19.0. The first-order valence-electron chi connectivity index (χ1n) is 9.57. The van der Waals surface area contributed by atoms with Gasteiger partial charge >= 0.3 is 0 Å². The number of aromatic nitrogens is 1. The Balaban J connectivity index is 1.56. The molecule has 170 valence electrons. The number of anilines is 1. The Bertz CT molecular complexity index is 1240. The van der Waals surface area contributed by atoms with Crippen molar-refractivity contribution in [2.75, 3.05) is 39.1 Å². The summed E-state index contributed by atoms with van der Waals surface area (Å²) in [6, 6.07) is 10.4. The van der Waals surface area contributed by atoms with Crippen LogP contribution in [0.15, 0.2) is 53.6 Å². The van der Waals surface area contributed by atoms with E-state index in [2.05, 4.69) is 15.6 Å². The first-order valence-corrected chi connectivity index (χ1v) is 11.4. The first-order chi connectivity index (χ1) is 15.2. The van der Waals surface area contributed by atoms with Gasteiger partial charge in [-0.05, 0) is 42.5 Å². The van der Waals surface area contributed by atoms with Gasteiger partial charge in [0.25, 0.3) is 0 Å². The summed E-state index contributed by atoms with van der Waals surface area (Å²) in [5, 5.41) is 7.33. The maximum absolute atomic E-state index is 13.6. The highest BCUT2D eigenvalue weighted by atomic mass is 35.5. The lowest BCUT2D eigenvalue weighted by Gasteiger charge is -2.18. The van der Waals surface area contributed by atoms with Crippen molar-refractivity contribution in [3.63, 3.8) is 0 Å². The van der Waals surface area contributed by atoms with Crippen LogP contribution in [0.5, 0.6) is 5.75 Å². The lowest BCUT2D eigenvalue weighted by molar-refractivity contribution is -0.121. The number of likely N-dealkylation sites (N-methyl/N-ethyl adjacent to an activating group) is 1. The zero-order valence-electron chi connectivity index (χ0n) is 17.4. The highest BCUT2D eigenvalue weighted by Crippen LogP contribution is 2.27. The van der Waals surface area contributed by atoms with Crippen molar-refractivity contribution in [1.82, 2.24) is 14.6 Å². The molecular formula is C21H22ClFN4O4S. The molecule has 0 fully saturated rings. The number of carbonyl (C=O) groups is 1. The molecule has 1 heterocycles. The molecule has 0 atom stereocenters. The molecule has 32 heavy (non-hydrogen) atoms. The number of fused-ring (bicyclic) bond motifs is 1. The summed E-state index contributed by atoms with van der Waals surface area (Å²) in [4.78, 5) is 16.2. The number of benzene rings is 2. The van der Waals surface area contributed by atoms with Crippen LogP contribution in [0, 0.1) is 5.82 Å². The third-order valence-corrected chi connectivity index (χ3v) is 6.71. The quantitative estimate of drug-likeness (QED) is 0.457. The molecule has 0 unspecified atom stereocenters. The summed E-state index contributed by atoms with van der Waals surface area (Å²) in [5.74, 6) is -1.23. The largest absolute Gasteiger partial charge is 0.495 e. The van der Waals surface area contributed by atoms with Gasteiger partial charge in [0.05, 0.1) is 19.2 Å². The molecule has 0 aliphatic heterocycles. The average Bonchev–Trinajstić information content (AvgIpc) is 2.76. The van der Waals surface area contributed by atoms with Gasteiger partial charge in [-0.1, -0.05) is 11.6 Å². The molecule has 0 bridgehead atoms. The predicted octanol–water partition coefficient (Wildman–Crippen LogP) is 2.88. The Kier molecular flexibility index (Phi) is 7.49. The van der Waals surface area contributed by atoms with Crippen LogP contribution >= 0.6 is 11.6 Å². The molecule has 1 aromatic heterocycles. The van der Waals surface area contributed by atoms with E-state index >= 15 is 0 Å². The Morgan fingerprint density at radius 1 is 1.19 bits per heavy atom. The molecule has 3 aromatic rings. The molecule has 11 heteroatoms. The number of methoxy groups -OCH3 is 1. The summed E-state index contributed by atoms with van der Waals surface area (Å²) in [6.07, 6.45) is 1.65. The second-order valence-electron chi connectivity index (χ2n) is 6.85. The minimum Gasteiger partial charge on any atom is -0.495 e. The number of pyridine rings is 1. The number of hydrogen-bond acceptors (Lipinski definition) is 6. The average molecular weight is 481 g/mol. The van der Waals surface area contributed by atoms with Crippen LogP contribution in [-0.2, 0) is 14.8 Å². The number of carbonyl (C=O) groups excluding carboxylic acids is 1. The molecule has 0 aliphatic rings. The van der Waals surface area contributed by atoms with Gasteiger partial charge in [0, 0.05) is 42.4 Å². The fraction of sp³-hybridized carbons (Fsp3) is 0.238. The molecule has 1 amide bonds. The fourth-order valence-corrected chi connectivity index (χ4v) is 4.49. The number of sulfonamides is 1. The number of halogens is 2. The van der Waals surface area contributed by atoms with E-state index in [4.69, 9.17) is 16.3 Å². The molecule has 0 saturated carbocycles. The standard InChI is InChI=1S/C21H22ClFN4O4S/c1-27(32(29,30)20-12-15(23)4-6-19(20)31-2)13-21(28)26-10-9-25-17-7-8-24-18-11-14(22)3-5-16(17)18/h3-8,11-12H,9-10,13H2,1-2H3,(H,24,25)(H,26,28). The zero-order chi connectivity index (χ0) is 23.3. The second kappa shape index (κ2) is 10.1. The van der Waals surface area contributed by atoms with Gasteiger partial charge in [-0.25, -0.2) is 12.8 Å². The van der Waals surface area contributed by atoms with E-state index in [0.717, 1.165) is 33.0 Å². The molecule has 0 aliphatic carbocycles. The molecule has 8 nitrogen and oxygen atoms in total. The van der Waals surface area contributed by atoms with Crippen molar-refractivity contribution < 1.29 is 22.3 Å². The lowest BCUT2D eigenvalue weighted by atomic mass is 10.2. The number of nitrogens with one attached hydrogen (secondary N) is 2. The molecule has 0 radical (unpaired) electrons. The van der Waals surface area contributed by atoms with Crippen molar-refractivity contribution in [3.8, 4) is 5.75 Å².